The van der Waals surface area contributed by atoms with Gasteiger partial charge in [0.15, 0.2) is 0 Å². The first-order chi connectivity index (χ1) is 7.54. The van der Waals surface area contributed by atoms with Crippen LogP contribution in [0.2, 0.25) is 0 Å². The third-order valence-corrected chi connectivity index (χ3v) is 2.74. The van der Waals surface area contributed by atoms with Crippen LogP contribution < -0.4 is 5.32 Å². The molecule has 1 N–H and O–H groups in total. The van der Waals surface area contributed by atoms with Crippen LogP contribution in [0.4, 0.5) is 8.78 Å². The molecular formula is C11H15BrF2N2. The molecule has 0 spiro atoms. The van der Waals surface area contributed by atoms with E-state index in [2.05, 4.69) is 21.2 Å². The summed E-state index contributed by atoms with van der Waals surface area (Å²) >= 11 is 3.05. The van der Waals surface area contributed by atoms with Crippen LogP contribution >= 0.6 is 15.9 Å². The number of hydrogen-bond acceptors (Lipinski definition) is 2. The number of benzene rings is 1. The van der Waals surface area contributed by atoms with Gasteiger partial charge in [0.25, 0.3) is 0 Å². The van der Waals surface area contributed by atoms with Crippen molar-refractivity contribution in [3.63, 3.8) is 0 Å². The largest absolute Gasteiger partial charge is 0.318 e. The summed E-state index contributed by atoms with van der Waals surface area (Å²) in [7, 11) is 3.67. The van der Waals surface area contributed by atoms with Crippen LogP contribution in [-0.4, -0.2) is 32.1 Å². The molecule has 0 aliphatic rings. The number of nitrogens with zero attached hydrogens (tertiary/aromatic N) is 1. The second kappa shape index (κ2) is 6.27. The van der Waals surface area contributed by atoms with Gasteiger partial charge in [-0.1, -0.05) is 15.9 Å². The summed E-state index contributed by atoms with van der Waals surface area (Å²) in [4.78, 5) is 1.87. The van der Waals surface area contributed by atoms with E-state index in [4.69, 9.17) is 0 Å². The SMILES string of the molecule is CNCCN(C)Cc1c(F)cc(Br)cc1F. The highest BCUT2D eigenvalue weighted by molar-refractivity contribution is 9.10. The Hall–Kier alpha value is -0.520. The Balaban J connectivity index is 2.73. The third kappa shape index (κ3) is 3.81. The van der Waals surface area contributed by atoms with Crippen LogP contribution in [0.25, 0.3) is 0 Å². The van der Waals surface area contributed by atoms with Crippen molar-refractivity contribution < 1.29 is 8.78 Å². The van der Waals surface area contributed by atoms with Crippen LogP contribution in [0, 0.1) is 11.6 Å². The zero-order valence-corrected chi connectivity index (χ0v) is 10.9. The lowest BCUT2D eigenvalue weighted by Crippen LogP contribution is -2.27. The molecular weight excluding hydrogens is 278 g/mol. The molecule has 1 aromatic carbocycles. The monoisotopic (exact) mass is 292 g/mol. The molecule has 16 heavy (non-hydrogen) atoms. The third-order valence-electron chi connectivity index (χ3n) is 2.28. The van der Waals surface area contributed by atoms with Crippen LogP contribution in [-0.2, 0) is 6.54 Å². The quantitative estimate of drug-likeness (QED) is 0.896. The Bertz CT molecular complexity index is 335. The predicted octanol–water partition coefficient (Wildman–Crippen LogP) is 2.38. The summed E-state index contributed by atoms with van der Waals surface area (Å²) in [6.45, 7) is 1.80. The van der Waals surface area contributed by atoms with Crippen molar-refractivity contribution in [1.29, 1.82) is 0 Å². The van der Waals surface area contributed by atoms with Crippen LogP contribution in [0.15, 0.2) is 16.6 Å². The molecule has 0 aliphatic heterocycles. The van der Waals surface area contributed by atoms with E-state index in [0.29, 0.717) is 4.47 Å². The van der Waals surface area contributed by atoms with Gasteiger partial charge < -0.3 is 10.2 Å². The van der Waals surface area contributed by atoms with Gasteiger partial charge in [-0.05, 0) is 26.2 Å². The molecule has 90 valence electrons. The van der Waals surface area contributed by atoms with Gasteiger partial charge in [0.1, 0.15) is 11.6 Å². The minimum Gasteiger partial charge on any atom is -0.318 e. The molecule has 0 aliphatic carbocycles. The highest BCUT2D eigenvalue weighted by Gasteiger charge is 2.12. The molecule has 0 saturated carbocycles. The molecule has 0 bridgehead atoms. The second-order valence-electron chi connectivity index (χ2n) is 3.69. The predicted molar refractivity (Wildman–Crippen MR) is 64.3 cm³/mol. The fourth-order valence-electron chi connectivity index (χ4n) is 1.37. The summed E-state index contributed by atoms with van der Waals surface area (Å²) in [5, 5.41) is 2.99. The van der Waals surface area contributed by atoms with Gasteiger partial charge >= 0.3 is 0 Å². The summed E-state index contributed by atoms with van der Waals surface area (Å²) in [5.74, 6) is -1.02. The lowest BCUT2D eigenvalue weighted by Gasteiger charge is -2.17. The minimum absolute atomic E-state index is 0.113. The molecule has 2 nitrogen and oxygen atoms in total. The van der Waals surface area contributed by atoms with Crippen LogP contribution in [0.5, 0.6) is 0 Å². The molecule has 0 saturated heterocycles. The summed E-state index contributed by atoms with van der Waals surface area (Å²) in [6.07, 6.45) is 0. The van der Waals surface area contributed by atoms with E-state index < -0.39 is 11.6 Å². The van der Waals surface area contributed by atoms with Gasteiger partial charge in [-0.15, -0.1) is 0 Å². The van der Waals surface area contributed by atoms with E-state index in [0.717, 1.165) is 13.1 Å². The Morgan fingerprint density at radius 2 is 1.88 bits per heavy atom. The molecule has 5 heteroatoms. The Labute approximate surface area is 103 Å². The average Bonchev–Trinajstić information content (AvgIpc) is 2.20. The highest BCUT2D eigenvalue weighted by atomic mass is 79.9. The first-order valence-electron chi connectivity index (χ1n) is 5.01. The minimum atomic E-state index is -0.511. The standard InChI is InChI=1S/C11H15BrF2N2/c1-15-3-4-16(2)7-9-10(13)5-8(12)6-11(9)14/h5-6,15H,3-4,7H2,1-2H3. The van der Waals surface area contributed by atoms with Gasteiger partial charge in [-0.25, -0.2) is 8.78 Å². The number of rotatable bonds is 5. The average molecular weight is 293 g/mol. The zero-order valence-electron chi connectivity index (χ0n) is 9.36. The maximum Gasteiger partial charge on any atom is 0.131 e. The highest BCUT2D eigenvalue weighted by Crippen LogP contribution is 2.20. The molecule has 0 aromatic heterocycles. The van der Waals surface area contributed by atoms with E-state index >= 15 is 0 Å². The Morgan fingerprint density at radius 1 is 1.31 bits per heavy atom. The zero-order chi connectivity index (χ0) is 12.1. The molecule has 0 unspecified atom stereocenters. The van der Waals surface area contributed by atoms with Gasteiger partial charge in [-0.2, -0.15) is 0 Å². The van der Waals surface area contributed by atoms with E-state index in [1.807, 2.05) is 19.0 Å². The van der Waals surface area contributed by atoms with Gasteiger partial charge in [0, 0.05) is 29.7 Å². The molecule has 0 radical (unpaired) electrons. The maximum absolute atomic E-state index is 13.5. The van der Waals surface area contributed by atoms with E-state index in [1.54, 1.807) is 0 Å². The first-order valence-corrected chi connectivity index (χ1v) is 5.80. The Morgan fingerprint density at radius 3 is 2.38 bits per heavy atom. The summed E-state index contributed by atoms with van der Waals surface area (Å²) in [6, 6.07) is 2.56. The molecule has 0 fully saturated rings. The van der Waals surface area contributed by atoms with Crippen molar-refractivity contribution in [3.8, 4) is 0 Å². The number of hydrogen-bond donors (Lipinski definition) is 1. The number of nitrogens with one attached hydrogen (secondary N) is 1. The molecule has 0 heterocycles. The first kappa shape index (κ1) is 13.5. The van der Waals surface area contributed by atoms with Crippen LogP contribution in [0.1, 0.15) is 5.56 Å². The van der Waals surface area contributed by atoms with Gasteiger partial charge in [0.2, 0.25) is 0 Å². The van der Waals surface area contributed by atoms with Crippen LogP contribution in [0.3, 0.4) is 0 Å². The smallest absolute Gasteiger partial charge is 0.131 e. The number of likely N-dealkylation sites (N-methyl/N-ethyl adjacent to an activating group) is 2. The van der Waals surface area contributed by atoms with E-state index in [9.17, 15) is 8.78 Å². The van der Waals surface area contributed by atoms with Crippen molar-refractivity contribution in [3.05, 3.63) is 33.8 Å². The topological polar surface area (TPSA) is 15.3 Å². The van der Waals surface area contributed by atoms with Crippen molar-refractivity contribution in [2.24, 2.45) is 0 Å². The lowest BCUT2D eigenvalue weighted by atomic mass is 10.2. The van der Waals surface area contributed by atoms with Crippen molar-refractivity contribution in [2.75, 3.05) is 27.2 Å². The summed E-state index contributed by atoms with van der Waals surface area (Å²) in [5.41, 5.74) is 0.113. The van der Waals surface area contributed by atoms with Gasteiger partial charge in [-0.3, -0.25) is 0 Å². The van der Waals surface area contributed by atoms with E-state index in [-0.39, 0.29) is 12.1 Å². The second-order valence-corrected chi connectivity index (χ2v) is 4.61. The van der Waals surface area contributed by atoms with Gasteiger partial charge in [0.05, 0.1) is 0 Å². The summed E-state index contributed by atoms with van der Waals surface area (Å²) < 4.78 is 27.4. The van der Waals surface area contributed by atoms with Crippen molar-refractivity contribution in [1.82, 2.24) is 10.2 Å². The molecule has 0 amide bonds. The van der Waals surface area contributed by atoms with E-state index in [1.165, 1.54) is 12.1 Å². The lowest BCUT2D eigenvalue weighted by molar-refractivity contribution is 0.316. The molecule has 1 rings (SSSR count). The van der Waals surface area contributed by atoms with Crippen molar-refractivity contribution in [2.45, 2.75) is 6.54 Å². The number of halogens is 3. The fourth-order valence-corrected chi connectivity index (χ4v) is 1.78. The fraction of sp³-hybridized carbons (Fsp3) is 0.455. The normalized spacial score (nSPS) is 11.1. The Kier molecular flexibility index (Phi) is 5.31. The molecule has 0 atom stereocenters. The van der Waals surface area contributed by atoms with Crippen molar-refractivity contribution >= 4 is 15.9 Å². The molecule has 1 aromatic rings. The maximum atomic E-state index is 13.5.